The highest BCUT2D eigenvalue weighted by Crippen LogP contribution is 2.37. The van der Waals surface area contributed by atoms with Crippen LogP contribution in [0.4, 0.5) is 13.2 Å². The molecule has 38 heavy (non-hydrogen) atoms. The van der Waals surface area contributed by atoms with E-state index in [9.17, 15) is 22.8 Å². The number of nitrogens with one attached hydrogen (secondary N) is 1. The van der Waals surface area contributed by atoms with E-state index in [1.165, 1.54) is 19.2 Å². The summed E-state index contributed by atoms with van der Waals surface area (Å²) in [5, 5.41) is 3.23. The minimum atomic E-state index is -4.64. The second-order valence-corrected chi connectivity index (χ2v) is 9.68. The molecule has 2 aromatic heterocycles. The first-order valence-corrected chi connectivity index (χ1v) is 12.3. The molecule has 3 N–H and O–H groups in total. The van der Waals surface area contributed by atoms with E-state index in [-0.39, 0.29) is 46.5 Å². The number of aromatic nitrogens is 2. The summed E-state index contributed by atoms with van der Waals surface area (Å²) < 4.78 is 51.0. The molecular weight excluding hydrogens is 503 g/mol. The largest absolute Gasteiger partial charge is 0.494 e. The van der Waals surface area contributed by atoms with Gasteiger partial charge in [0.15, 0.2) is 11.5 Å². The number of hydrogen-bond donors (Lipinski definition) is 2. The van der Waals surface area contributed by atoms with Crippen LogP contribution in [-0.2, 0) is 11.0 Å². The molecular formula is C26H30F3N5O4. The highest BCUT2D eigenvalue weighted by atomic mass is 19.4. The Hall–Kier alpha value is -3.67. The van der Waals surface area contributed by atoms with Gasteiger partial charge in [-0.05, 0) is 44.0 Å². The maximum absolute atomic E-state index is 13.3. The van der Waals surface area contributed by atoms with Gasteiger partial charge in [0.2, 0.25) is 11.8 Å². The number of methoxy groups -OCH3 is 1. The standard InChI is InChI=1S/C26H30F3N5O4/c1-13(2)25(36)34-11-5-6-15(12-34)31-23(35)21-22(14(3)30)38-24(33-21)17-7-9-18(37-4)20-16(17)8-10-19(32-20)26(27,28)29/h7-10,13-15H,5-6,11-12,30H2,1-4H3,(H,31,35)/t14-,15?/m0/s1. The van der Waals surface area contributed by atoms with E-state index < -0.39 is 23.8 Å². The predicted octanol–water partition coefficient (Wildman–Crippen LogP) is 4.31. The minimum absolute atomic E-state index is 0.0110. The van der Waals surface area contributed by atoms with Crippen molar-refractivity contribution in [3.8, 4) is 17.2 Å². The third-order valence-corrected chi connectivity index (χ3v) is 6.41. The molecule has 0 saturated carbocycles. The van der Waals surface area contributed by atoms with Crippen LogP contribution in [0.3, 0.4) is 0 Å². The van der Waals surface area contributed by atoms with Crippen molar-refractivity contribution >= 4 is 22.7 Å². The highest BCUT2D eigenvalue weighted by Gasteiger charge is 2.34. The van der Waals surface area contributed by atoms with Crippen LogP contribution in [0.5, 0.6) is 5.75 Å². The molecule has 3 heterocycles. The number of ether oxygens (including phenoxy) is 1. The molecule has 2 amide bonds. The second kappa shape index (κ2) is 10.6. The number of amides is 2. The van der Waals surface area contributed by atoms with Gasteiger partial charge in [0, 0.05) is 36.0 Å². The summed E-state index contributed by atoms with van der Waals surface area (Å²) in [4.78, 5) is 35.6. The van der Waals surface area contributed by atoms with Crippen LogP contribution in [-0.4, -0.2) is 52.9 Å². The van der Waals surface area contributed by atoms with Gasteiger partial charge in [0.05, 0.1) is 13.2 Å². The number of rotatable bonds is 6. The van der Waals surface area contributed by atoms with Crippen molar-refractivity contribution in [2.75, 3.05) is 20.2 Å². The molecule has 1 aliphatic rings. The van der Waals surface area contributed by atoms with Crippen molar-refractivity contribution in [1.29, 1.82) is 0 Å². The number of oxazole rings is 1. The van der Waals surface area contributed by atoms with Gasteiger partial charge in [0.1, 0.15) is 17.0 Å². The van der Waals surface area contributed by atoms with E-state index in [0.29, 0.717) is 30.5 Å². The molecule has 3 aromatic rings. The van der Waals surface area contributed by atoms with Crippen LogP contribution in [0.25, 0.3) is 22.4 Å². The number of hydrogen-bond acceptors (Lipinski definition) is 7. The highest BCUT2D eigenvalue weighted by molar-refractivity contribution is 5.98. The number of halogens is 3. The van der Waals surface area contributed by atoms with E-state index in [2.05, 4.69) is 15.3 Å². The summed E-state index contributed by atoms with van der Waals surface area (Å²) in [7, 11) is 1.33. The Balaban J connectivity index is 1.68. The zero-order valence-corrected chi connectivity index (χ0v) is 21.6. The molecule has 1 unspecified atom stereocenters. The van der Waals surface area contributed by atoms with Crippen LogP contribution in [0, 0.1) is 5.92 Å². The SMILES string of the molecule is COc1ccc(-c2nc(C(=O)NC3CCCN(C(=O)C(C)C)C3)c([C@H](C)N)o2)c2ccc(C(F)(F)F)nc12. The zero-order chi connectivity index (χ0) is 27.8. The lowest BCUT2D eigenvalue weighted by molar-refractivity contribution is -0.141. The van der Waals surface area contributed by atoms with Crippen LogP contribution in [0.2, 0.25) is 0 Å². The maximum Gasteiger partial charge on any atom is 0.433 e. The Labute approximate surface area is 217 Å². The van der Waals surface area contributed by atoms with Gasteiger partial charge in [-0.25, -0.2) is 9.97 Å². The van der Waals surface area contributed by atoms with Gasteiger partial charge < -0.3 is 25.1 Å². The van der Waals surface area contributed by atoms with Gasteiger partial charge in [-0.3, -0.25) is 9.59 Å². The van der Waals surface area contributed by atoms with Crippen molar-refractivity contribution in [2.45, 2.75) is 51.9 Å². The van der Waals surface area contributed by atoms with Crippen LogP contribution >= 0.6 is 0 Å². The van der Waals surface area contributed by atoms with Gasteiger partial charge in [-0.2, -0.15) is 13.2 Å². The van der Waals surface area contributed by atoms with Crippen molar-refractivity contribution in [2.24, 2.45) is 11.7 Å². The number of pyridine rings is 1. The Morgan fingerprint density at radius 1 is 1.18 bits per heavy atom. The fraction of sp³-hybridized carbons (Fsp3) is 0.462. The number of alkyl halides is 3. The number of likely N-dealkylation sites (tertiary alicyclic amines) is 1. The van der Waals surface area contributed by atoms with Gasteiger partial charge >= 0.3 is 6.18 Å². The van der Waals surface area contributed by atoms with Crippen LogP contribution < -0.4 is 15.8 Å². The van der Waals surface area contributed by atoms with Crippen molar-refractivity contribution in [3.05, 3.63) is 41.4 Å². The van der Waals surface area contributed by atoms with Crippen molar-refractivity contribution < 1.29 is 31.9 Å². The number of fused-ring (bicyclic) bond motifs is 1. The van der Waals surface area contributed by atoms with E-state index >= 15 is 0 Å². The van der Waals surface area contributed by atoms with E-state index in [4.69, 9.17) is 14.9 Å². The molecule has 9 nitrogen and oxygen atoms in total. The van der Waals surface area contributed by atoms with Crippen LogP contribution in [0.1, 0.15) is 61.6 Å². The molecule has 204 valence electrons. The monoisotopic (exact) mass is 533 g/mol. The van der Waals surface area contributed by atoms with Gasteiger partial charge in [-0.1, -0.05) is 13.8 Å². The molecule has 1 aliphatic heterocycles. The van der Waals surface area contributed by atoms with Crippen molar-refractivity contribution in [3.63, 3.8) is 0 Å². The summed E-state index contributed by atoms with van der Waals surface area (Å²) in [6.07, 6.45) is -3.19. The van der Waals surface area contributed by atoms with E-state index in [0.717, 1.165) is 12.5 Å². The lowest BCUT2D eigenvalue weighted by Gasteiger charge is -2.34. The molecule has 1 aromatic carbocycles. The average Bonchev–Trinajstić information content (AvgIpc) is 3.32. The summed E-state index contributed by atoms with van der Waals surface area (Å²) in [5.74, 6) is -0.342. The number of carbonyl (C=O) groups is 2. The molecule has 12 heteroatoms. The molecule has 0 bridgehead atoms. The Kier molecular flexibility index (Phi) is 7.63. The van der Waals surface area contributed by atoms with E-state index in [1.54, 1.807) is 17.9 Å². The van der Waals surface area contributed by atoms with Crippen LogP contribution in [0.15, 0.2) is 28.7 Å². The number of benzene rings is 1. The van der Waals surface area contributed by atoms with Gasteiger partial charge in [0.25, 0.3) is 5.91 Å². The Morgan fingerprint density at radius 2 is 1.92 bits per heavy atom. The molecule has 1 fully saturated rings. The summed E-state index contributed by atoms with van der Waals surface area (Å²) in [6.45, 7) is 6.32. The topological polar surface area (TPSA) is 124 Å². The number of nitrogens with two attached hydrogens (primary N) is 1. The van der Waals surface area contributed by atoms with Gasteiger partial charge in [-0.15, -0.1) is 0 Å². The maximum atomic E-state index is 13.3. The summed E-state index contributed by atoms with van der Waals surface area (Å²) >= 11 is 0. The number of nitrogens with zero attached hydrogens (tertiary/aromatic N) is 3. The third kappa shape index (κ3) is 5.45. The molecule has 2 atom stereocenters. The van der Waals surface area contributed by atoms with E-state index in [1.807, 2.05) is 13.8 Å². The number of carbonyl (C=O) groups excluding carboxylic acids is 2. The third-order valence-electron chi connectivity index (χ3n) is 6.41. The first-order chi connectivity index (χ1) is 17.9. The lowest BCUT2D eigenvalue weighted by Crippen LogP contribution is -2.50. The fourth-order valence-corrected chi connectivity index (χ4v) is 4.53. The molecule has 0 aliphatic carbocycles. The minimum Gasteiger partial charge on any atom is -0.494 e. The molecule has 4 rings (SSSR count). The zero-order valence-electron chi connectivity index (χ0n) is 21.6. The Bertz CT molecular complexity index is 1350. The predicted molar refractivity (Wildman–Crippen MR) is 133 cm³/mol. The normalized spacial score (nSPS) is 17.1. The Morgan fingerprint density at radius 3 is 2.55 bits per heavy atom. The average molecular weight is 534 g/mol. The summed E-state index contributed by atoms with van der Waals surface area (Å²) in [6, 6.07) is 4.20. The first-order valence-electron chi connectivity index (χ1n) is 12.3. The lowest BCUT2D eigenvalue weighted by atomic mass is 10.0. The second-order valence-electron chi connectivity index (χ2n) is 9.68. The van der Waals surface area contributed by atoms with Crippen molar-refractivity contribution in [1.82, 2.24) is 20.2 Å². The molecule has 0 spiro atoms. The fourth-order valence-electron chi connectivity index (χ4n) is 4.53. The molecule has 1 saturated heterocycles. The summed E-state index contributed by atoms with van der Waals surface area (Å²) in [5.41, 5.74) is 5.29. The number of piperidine rings is 1. The quantitative estimate of drug-likeness (QED) is 0.484. The smallest absolute Gasteiger partial charge is 0.433 e. The molecule has 0 radical (unpaired) electrons. The first kappa shape index (κ1) is 27.4.